The topological polar surface area (TPSA) is 50.2 Å². The highest BCUT2D eigenvalue weighted by molar-refractivity contribution is 6.04. The quantitative estimate of drug-likeness (QED) is 0.845. The highest BCUT2D eigenvalue weighted by Gasteiger charge is 2.16. The van der Waals surface area contributed by atoms with Crippen LogP contribution in [0.1, 0.15) is 17.5 Å². The van der Waals surface area contributed by atoms with Crippen molar-refractivity contribution in [2.45, 2.75) is 12.8 Å². The Hall–Kier alpha value is -1.94. The molecule has 0 saturated heterocycles. The van der Waals surface area contributed by atoms with Gasteiger partial charge in [0.15, 0.2) is 0 Å². The minimum atomic E-state index is 0. The van der Waals surface area contributed by atoms with Crippen LogP contribution in [-0.4, -0.2) is 15.7 Å². The summed E-state index contributed by atoms with van der Waals surface area (Å²) in [6.45, 7) is 0. The van der Waals surface area contributed by atoms with Crippen molar-refractivity contribution in [1.29, 1.82) is 0 Å². The maximum atomic E-state index is 4.38. The molecule has 1 aromatic heterocycles. The number of hydrogen-bond acceptors (Lipinski definition) is 4. The summed E-state index contributed by atoms with van der Waals surface area (Å²) in [5.41, 5.74) is 6.57. The third-order valence-electron chi connectivity index (χ3n) is 2.82. The molecule has 1 aliphatic rings. The molecule has 0 unspecified atom stereocenters. The maximum absolute atomic E-state index is 4.38. The zero-order chi connectivity index (χ0) is 11.5. The van der Waals surface area contributed by atoms with E-state index < -0.39 is 0 Å². The molecule has 0 saturated carbocycles. The van der Waals surface area contributed by atoms with Crippen LogP contribution >= 0.6 is 12.4 Å². The van der Waals surface area contributed by atoms with E-state index in [0.29, 0.717) is 5.95 Å². The van der Waals surface area contributed by atoms with Gasteiger partial charge in [-0.05, 0) is 24.5 Å². The molecule has 1 heterocycles. The van der Waals surface area contributed by atoms with Gasteiger partial charge in [-0.2, -0.15) is 5.10 Å². The lowest BCUT2D eigenvalue weighted by molar-refractivity contribution is 1.07. The second-order valence-electron chi connectivity index (χ2n) is 3.90. The maximum Gasteiger partial charge on any atom is 0.243 e. The van der Waals surface area contributed by atoms with Crippen LogP contribution in [-0.2, 0) is 6.42 Å². The first-order valence-corrected chi connectivity index (χ1v) is 5.61. The first kappa shape index (κ1) is 12.5. The molecular formula is C13H13ClN4. The van der Waals surface area contributed by atoms with Crippen LogP contribution in [0, 0.1) is 0 Å². The molecule has 4 nitrogen and oxygen atoms in total. The van der Waals surface area contributed by atoms with Crippen LogP contribution < -0.4 is 5.43 Å². The third kappa shape index (κ3) is 2.49. The van der Waals surface area contributed by atoms with Gasteiger partial charge in [-0.3, -0.25) is 0 Å². The van der Waals surface area contributed by atoms with Gasteiger partial charge in [0.1, 0.15) is 0 Å². The van der Waals surface area contributed by atoms with Crippen molar-refractivity contribution < 1.29 is 0 Å². The monoisotopic (exact) mass is 260 g/mol. The van der Waals surface area contributed by atoms with E-state index in [1.165, 1.54) is 11.1 Å². The minimum Gasteiger partial charge on any atom is -0.245 e. The molecule has 3 rings (SSSR count). The summed E-state index contributed by atoms with van der Waals surface area (Å²) < 4.78 is 0. The second kappa shape index (κ2) is 5.60. The Morgan fingerprint density at radius 2 is 1.78 bits per heavy atom. The number of fused-ring (bicyclic) bond motifs is 1. The molecule has 1 N–H and O–H groups in total. The van der Waals surface area contributed by atoms with E-state index in [0.717, 1.165) is 18.6 Å². The van der Waals surface area contributed by atoms with Gasteiger partial charge in [-0.25, -0.2) is 15.4 Å². The number of hydrogen-bond donors (Lipinski definition) is 1. The van der Waals surface area contributed by atoms with Crippen LogP contribution in [0.3, 0.4) is 0 Å². The number of halogens is 1. The second-order valence-corrected chi connectivity index (χ2v) is 3.90. The number of rotatable bonds is 2. The first-order valence-electron chi connectivity index (χ1n) is 5.61. The van der Waals surface area contributed by atoms with Crippen molar-refractivity contribution in [1.82, 2.24) is 9.97 Å². The molecule has 0 aliphatic heterocycles. The molecule has 92 valence electrons. The molecule has 0 spiro atoms. The van der Waals surface area contributed by atoms with Crippen LogP contribution in [0.15, 0.2) is 47.8 Å². The Labute approximate surface area is 112 Å². The molecular weight excluding hydrogens is 248 g/mol. The fourth-order valence-electron chi connectivity index (χ4n) is 2.00. The van der Waals surface area contributed by atoms with Gasteiger partial charge in [0, 0.05) is 18.0 Å². The van der Waals surface area contributed by atoms with Gasteiger partial charge in [-0.1, -0.05) is 24.3 Å². The van der Waals surface area contributed by atoms with E-state index in [9.17, 15) is 0 Å². The number of aromatic nitrogens is 2. The predicted molar refractivity (Wildman–Crippen MR) is 74.2 cm³/mol. The smallest absolute Gasteiger partial charge is 0.243 e. The summed E-state index contributed by atoms with van der Waals surface area (Å²) >= 11 is 0. The van der Waals surface area contributed by atoms with Crippen LogP contribution in [0.5, 0.6) is 0 Å². The van der Waals surface area contributed by atoms with Gasteiger partial charge in [0.2, 0.25) is 5.95 Å². The zero-order valence-corrected chi connectivity index (χ0v) is 10.5. The Morgan fingerprint density at radius 3 is 2.61 bits per heavy atom. The number of nitrogens with one attached hydrogen (secondary N) is 1. The summed E-state index contributed by atoms with van der Waals surface area (Å²) in [6, 6.07) is 10.1. The third-order valence-corrected chi connectivity index (χ3v) is 2.82. The average Bonchev–Trinajstić information content (AvgIpc) is 2.81. The summed E-state index contributed by atoms with van der Waals surface area (Å²) in [6.07, 6.45) is 5.42. The first-order chi connectivity index (χ1) is 8.43. The normalized spacial score (nSPS) is 15.0. The molecule has 0 atom stereocenters. The lowest BCUT2D eigenvalue weighted by Gasteiger charge is -2.01. The lowest BCUT2D eigenvalue weighted by Crippen LogP contribution is -2.01. The molecule has 0 radical (unpaired) electrons. The van der Waals surface area contributed by atoms with E-state index in [4.69, 9.17) is 0 Å². The SMILES string of the molecule is Cl.c1cnc(NN=C2CCc3ccccc32)nc1. The van der Waals surface area contributed by atoms with E-state index in [2.05, 4.69) is 38.7 Å². The Balaban J connectivity index is 0.00000120. The molecule has 0 fully saturated rings. The van der Waals surface area contributed by atoms with Crippen LogP contribution in [0.2, 0.25) is 0 Å². The lowest BCUT2D eigenvalue weighted by atomic mass is 10.1. The van der Waals surface area contributed by atoms with E-state index >= 15 is 0 Å². The average molecular weight is 261 g/mol. The van der Waals surface area contributed by atoms with E-state index in [1.54, 1.807) is 18.5 Å². The Kier molecular flexibility index (Phi) is 3.89. The number of anilines is 1. The van der Waals surface area contributed by atoms with Crippen LogP contribution in [0.4, 0.5) is 5.95 Å². The summed E-state index contributed by atoms with van der Waals surface area (Å²) in [7, 11) is 0. The molecule has 0 bridgehead atoms. The van der Waals surface area contributed by atoms with Crippen molar-refractivity contribution in [2.24, 2.45) is 5.10 Å². The van der Waals surface area contributed by atoms with Crippen molar-refractivity contribution in [2.75, 3.05) is 5.43 Å². The summed E-state index contributed by atoms with van der Waals surface area (Å²) in [4.78, 5) is 8.13. The van der Waals surface area contributed by atoms with Crippen LogP contribution in [0.25, 0.3) is 0 Å². The fraction of sp³-hybridized carbons (Fsp3) is 0.154. The largest absolute Gasteiger partial charge is 0.245 e. The Bertz CT molecular complexity index is 554. The number of benzene rings is 1. The Morgan fingerprint density at radius 1 is 1.00 bits per heavy atom. The molecule has 18 heavy (non-hydrogen) atoms. The van der Waals surface area contributed by atoms with Crippen molar-refractivity contribution in [3.8, 4) is 0 Å². The molecule has 1 aliphatic carbocycles. The van der Waals surface area contributed by atoms with E-state index in [-0.39, 0.29) is 12.4 Å². The summed E-state index contributed by atoms with van der Waals surface area (Å²) in [5.74, 6) is 0.532. The molecule has 0 amide bonds. The highest BCUT2D eigenvalue weighted by atomic mass is 35.5. The minimum absolute atomic E-state index is 0. The van der Waals surface area contributed by atoms with Crippen molar-refractivity contribution >= 4 is 24.1 Å². The fourth-order valence-corrected chi connectivity index (χ4v) is 2.00. The summed E-state index contributed by atoms with van der Waals surface area (Å²) in [5, 5.41) is 4.38. The van der Waals surface area contributed by atoms with Crippen molar-refractivity contribution in [3.05, 3.63) is 53.9 Å². The molecule has 5 heteroatoms. The van der Waals surface area contributed by atoms with Gasteiger partial charge in [-0.15, -0.1) is 12.4 Å². The molecule has 1 aromatic carbocycles. The van der Waals surface area contributed by atoms with Crippen molar-refractivity contribution in [3.63, 3.8) is 0 Å². The highest BCUT2D eigenvalue weighted by Crippen LogP contribution is 2.21. The van der Waals surface area contributed by atoms with Gasteiger partial charge < -0.3 is 0 Å². The predicted octanol–water partition coefficient (Wildman–Crippen LogP) is 2.66. The van der Waals surface area contributed by atoms with Gasteiger partial charge in [0.25, 0.3) is 0 Å². The zero-order valence-electron chi connectivity index (χ0n) is 9.71. The van der Waals surface area contributed by atoms with E-state index in [1.807, 2.05) is 6.07 Å². The number of aryl methyl sites for hydroxylation is 1. The number of nitrogens with zero attached hydrogens (tertiary/aromatic N) is 3. The number of hydrazone groups is 1. The standard InChI is InChI=1S/C13H12N4.ClH/c1-2-5-11-10(4-1)6-7-12(11)16-17-13-14-8-3-9-15-13;/h1-5,8-9H,6-7H2,(H,14,15,17);1H. The molecule has 2 aromatic rings. The van der Waals surface area contributed by atoms with Gasteiger partial charge >= 0.3 is 0 Å². The van der Waals surface area contributed by atoms with Gasteiger partial charge in [0.05, 0.1) is 5.71 Å².